The number of carbonyl (C=O) groups excluding carboxylic acids is 1. The Hall–Kier alpha value is -1.79. The third-order valence-electron chi connectivity index (χ3n) is 3.43. The summed E-state index contributed by atoms with van der Waals surface area (Å²) in [5, 5.41) is 0.580. The summed E-state index contributed by atoms with van der Waals surface area (Å²) in [6.45, 7) is 3.70. The number of rotatable bonds is 3. The molecule has 1 aromatic carbocycles. The lowest BCUT2D eigenvalue weighted by atomic mass is 10.1. The van der Waals surface area contributed by atoms with Crippen LogP contribution in [0, 0.1) is 13.8 Å². The molecule has 0 aliphatic heterocycles. The van der Waals surface area contributed by atoms with Crippen LogP contribution in [0.1, 0.15) is 21.1 Å². The number of hydrogen-bond acceptors (Lipinski definition) is 4. The number of fused-ring (bicyclic) bond motifs is 1. The Bertz CT molecular complexity index is 926. The van der Waals surface area contributed by atoms with Crippen LogP contribution in [0.25, 0.3) is 10.2 Å². The Morgan fingerprint density at radius 2 is 1.95 bits per heavy atom. The number of carbonyl (C=O) groups is 1. The van der Waals surface area contributed by atoms with E-state index in [4.69, 9.17) is 0 Å². The van der Waals surface area contributed by atoms with Crippen LogP contribution in [-0.2, 0) is 6.54 Å². The lowest BCUT2D eigenvalue weighted by Gasteiger charge is -2.08. The summed E-state index contributed by atoms with van der Waals surface area (Å²) in [5.41, 5.74) is 0.424. The summed E-state index contributed by atoms with van der Waals surface area (Å²) in [4.78, 5) is 31.1. The van der Waals surface area contributed by atoms with Gasteiger partial charge < -0.3 is 0 Å². The van der Waals surface area contributed by atoms with Gasteiger partial charge >= 0.3 is 0 Å². The standard InChI is InChI=1S/C16H13BrN2O2S/c1-9-7-13-15(22-9)18-10(2)19(16(13)21)8-14(20)11-3-5-12(17)6-4-11/h3-7H,8H2,1-2H3. The number of halogens is 1. The van der Waals surface area contributed by atoms with Crippen LogP contribution in [0.2, 0.25) is 0 Å². The summed E-state index contributed by atoms with van der Waals surface area (Å²) in [7, 11) is 0. The number of aryl methyl sites for hydroxylation is 2. The molecule has 0 unspecified atom stereocenters. The fraction of sp³-hybridized carbons (Fsp3) is 0.188. The second kappa shape index (κ2) is 5.78. The highest BCUT2D eigenvalue weighted by Gasteiger charge is 2.14. The third kappa shape index (κ3) is 2.76. The minimum absolute atomic E-state index is 0.00410. The molecule has 0 spiro atoms. The van der Waals surface area contributed by atoms with Gasteiger partial charge in [-0.05, 0) is 32.0 Å². The molecule has 0 atom stereocenters. The Labute approximate surface area is 139 Å². The van der Waals surface area contributed by atoms with Crippen molar-refractivity contribution < 1.29 is 4.79 Å². The van der Waals surface area contributed by atoms with Gasteiger partial charge in [-0.2, -0.15) is 0 Å². The topological polar surface area (TPSA) is 52.0 Å². The third-order valence-corrected chi connectivity index (χ3v) is 4.91. The van der Waals surface area contributed by atoms with Gasteiger partial charge in [0, 0.05) is 14.9 Å². The van der Waals surface area contributed by atoms with Gasteiger partial charge in [0.05, 0.1) is 11.9 Å². The van der Waals surface area contributed by atoms with Crippen molar-refractivity contribution in [1.29, 1.82) is 0 Å². The maximum atomic E-state index is 12.6. The summed E-state index contributed by atoms with van der Waals surface area (Å²) < 4.78 is 2.35. The van der Waals surface area contributed by atoms with E-state index in [-0.39, 0.29) is 17.9 Å². The first kappa shape index (κ1) is 15.1. The van der Waals surface area contributed by atoms with Crippen molar-refractivity contribution in [2.45, 2.75) is 20.4 Å². The van der Waals surface area contributed by atoms with E-state index in [1.807, 2.05) is 25.1 Å². The van der Waals surface area contributed by atoms with E-state index < -0.39 is 0 Å². The van der Waals surface area contributed by atoms with Gasteiger partial charge in [0.1, 0.15) is 10.7 Å². The monoisotopic (exact) mass is 376 g/mol. The maximum absolute atomic E-state index is 12.6. The van der Waals surface area contributed by atoms with Gasteiger partial charge in [-0.1, -0.05) is 28.1 Å². The van der Waals surface area contributed by atoms with Crippen LogP contribution in [0.3, 0.4) is 0 Å². The van der Waals surface area contributed by atoms with Crippen molar-refractivity contribution in [1.82, 2.24) is 9.55 Å². The Morgan fingerprint density at radius 3 is 2.64 bits per heavy atom. The Balaban J connectivity index is 2.01. The van der Waals surface area contributed by atoms with Crippen molar-refractivity contribution in [3.8, 4) is 0 Å². The molecule has 0 fully saturated rings. The molecule has 2 heterocycles. The molecule has 0 saturated carbocycles. The maximum Gasteiger partial charge on any atom is 0.262 e. The van der Waals surface area contributed by atoms with E-state index in [0.29, 0.717) is 16.8 Å². The number of Topliss-reactive ketones (excluding diaryl/α,β-unsaturated/α-hetero) is 1. The average Bonchev–Trinajstić information content (AvgIpc) is 2.84. The summed E-state index contributed by atoms with van der Waals surface area (Å²) in [6.07, 6.45) is 0. The van der Waals surface area contributed by atoms with Gasteiger partial charge in [0.25, 0.3) is 5.56 Å². The molecule has 0 aliphatic rings. The molecular formula is C16H13BrN2O2S. The van der Waals surface area contributed by atoms with Gasteiger partial charge in [0.2, 0.25) is 0 Å². The molecule has 0 radical (unpaired) electrons. The van der Waals surface area contributed by atoms with Crippen molar-refractivity contribution in [3.05, 3.63) is 61.4 Å². The second-order valence-corrected chi connectivity index (χ2v) is 7.21. The van der Waals surface area contributed by atoms with Crippen molar-refractivity contribution in [2.75, 3.05) is 0 Å². The smallest absolute Gasteiger partial charge is 0.262 e. The van der Waals surface area contributed by atoms with E-state index >= 15 is 0 Å². The second-order valence-electron chi connectivity index (χ2n) is 5.06. The summed E-state index contributed by atoms with van der Waals surface area (Å²) in [5.74, 6) is 0.454. The number of thiophene rings is 1. The van der Waals surface area contributed by atoms with Crippen LogP contribution in [-0.4, -0.2) is 15.3 Å². The zero-order valence-electron chi connectivity index (χ0n) is 12.1. The van der Waals surface area contributed by atoms with Crippen molar-refractivity contribution in [2.24, 2.45) is 0 Å². The van der Waals surface area contributed by atoms with Crippen molar-refractivity contribution in [3.63, 3.8) is 0 Å². The average molecular weight is 377 g/mol. The highest BCUT2D eigenvalue weighted by Crippen LogP contribution is 2.20. The molecule has 22 heavy (non-hydrogen) atoms. The highest BCUT2D eigenvalue weighted by molar-refractivity contribution is 9.10. The first-order valence-electron chi connectivity index (χ1n) is 6.72. The molecule has 4 nitrogen and oxygen atoms in total. The number of benzene rings is 1. The first-order chi connectivity index (χ1) is 10.5. The Morgan fingerprint density at radius 1 is 1.27 bits per heavy atom. The zero-order valence-corrected chi connectivity index (χ0v) is 14.5. The van der Waals surface area contributed by atoms with Gasteiger partial charge in [-0.3, -0.25) is 14.2 Å². The summed E-state index contributed by atoms with van der Waals surface area (Å²) in [6, 6.07) is 8.94. The van der Waals surface area contributed by atoms with E-state index in [9.17, 15) is 9.59 Å². The van der Waals surface area contributed by atoms with Crippen LogP contribution < -0.4 is 5.56 Å². The van der Waals surface area contributed by atoms with Crippen LogP contribution in [0.15, 0.2) is 39.6 Å². The van der Waals surface area contributed by atoms with E-state index in [2.05, 4.69) is 20.9 Å². The quantitative estimate of drug-likeness (QED) is 0.654. The number of hydrogen-bond donors (Lipinski definition) is 0. The lowest BCUT2D eigenvalue weighted by Crippen LogP contribution is -2.27. The molecule has 3 aromatic rings. The Kier molecular flexibility index (Phi) is 3.97. The van der Waals surface area contributed by atoms with E-state index in [1.165, 1.54) is 15.9 Å². The highest BCUT2D eigenvalue weighted by atomic mass is 79.9. The molecule has 2 aromatic heterocycles. The van der Waals surface area contributed by atoms with E-state index in [0.717, 1.165) is 14.2 Å². The zero-order chi connectivity index (χ0) is 15.9. The predicted molar refractivity (Wildman–Crippen MR) is 91.8 cm³/mol. The predicted octanol–water partition coefficient (Wildman–Crippen LogP) is 3.72. The van der Waals surface area contributed by atoms with Gasteiger partial charge in [-0.25, -0.2) is 4.98 Å². The molecule has 0 bridgehead atoms. The molecule has 0 amide bonds. The molecular weight excluding hydrogens is 364 g/mol. The molecule has 6 heteroatoms. The first-order valence-corrected chi connectivity index (χ1v) is 8.33. The number of nitrogens with zero attached hydrogens (tertiary/aromatic N) is 2. The van der Waals surface area contributed by atoms with Crippen LogP contribution >= 0.6 is 27.3 Å². The largest absolute Gasteiger partial charge is 0.292 e. The minimum Gasteiger partial charge on any atom is -0.292 e. The fourth-order valence-electron chi connectivity index (χ4n) is 2.29. The molecule has 0 N–H and O–H groups in total. The number of aromatic nitrogens is 2. The van der Waals surface area contributed by atoms with Gasteiger partial charge in [0.15, 0.2) is 5.78 Å². The lowest BCUT2D eigenvalue weighted by molar-refractivity contribution is 0.0969. The van der Waals surface area contributed by atoms with Gasteiger partial charge in [-0.15, -0.1) is 11.3 Å². The SMILES string of the molecule is Cc1cc2c(=O)n(CC(=O)c3ccc(Br)cc3)c(C)nc2s1. The normalized spacial score (nSPS) is 11.0. The fourth-order valence-corrected chi connectivity index (χ4v) is 3.47. The molecule has 3 rings (SSSR count). The van der Waals surface area contributed by atoms with Crippen molar-refractivity contribution >= 4 is 43.3 Å². The van der Waals surface area contributed by atoms with Crippen LogP contribution in [0.5, 0.6) is 0 Å². The number of ketones is 1. The minimum atomic E-state index is -0.155. The van der Waals surface area contributed by atoms with E-state index in [1.54, 1.807) is 19.1 Å². The molecule has 0 saturated heterocycles. The summed E-state index contributed by atoms with van der Waals surface area (Å²) >= 11 is 4.83. The molecule has 112 valence electrons. The molecule has 0 aliphatic carbocycles. The van der Waals surface area contributed by atoms with Crippen LogP contribution in [0.4, 0.5) is 0 Å².